The SMILES string of the molecule is OCc1ccccc1N[C@@H]1CCCSC1. The molecular formula is C12H17NOS. The predicted molar refractivity (Wildman–Crippen MR) is 66.3 cm³/mol. The normalized spacial score (nSPS) is 21.3. The number of benzene rings is 1. The first-order chi connectivity index (χ1) is 7.40. The van der Waals surface area contributed by atoms with Gasteiger partial charge in [0.1, 0.15) is 0 Å². The molecule has 2 rings (SSSR count). The van der Waals surface area contributed by atoms with Gasteiger partial charge in [0, 0.05) is 23.0 Å². The molecule has 0 radical (unpaired) electrons. The summed E-state index contributed by atoms with van der Waals surface area (Å²) < 4.78 is 0. The molecule has 1 fully saturated rings. The van der Waals surface area contributed by atoms with Crippen LogP contribution in [0.4, 0.5) is 5.69 Å². The van der Waals surface area contributed by atoms with Gasteiger partial charge in [0.15, 0.2) is 0 Å². The van der Waals surface area contributed by atoms with Crippen LogP contribution >= 0.6 is 11.8 Å². The Hall–Kier alpha value is -0.670. The molecule has 1 aromatic rings. The minimum atomic E-state index is 0.114. The Bertz CT molecular complexity index is 310. The maximum Gasteiger partial charge on any atom is 0.0701 e. The van der Waals surface area contributed by atoms with Crippen molar-refractivity contribution in [3.8, 4) is 0 Å². The van der Waals surface area contributed by atoms with E-state index in [0.29, 0.717) is 6.04 Å². The second kappa shape index (κ2) is 5.42. The Morgan fingerprint density at radius 3 is 3.00 bits per heavy atom. The summed E-state index contributed by atoms with van der Waals surface area (Å²) in [7, 11) is 0. The molecule has 1 atom stereocenters. The van der Waals surface area contributed by atoms with Gasteiger partial charge in [-0.05, 0) is 24.7 Å². The number of thioether (sulfide) groups is 1. The summed E-state index contributed by atoms with van der Waals surface area (Å²) in [4.78, 5) is 0. The van der Waals surface area contributed by atoms with Crippen LogP contribution in [-0.2, 0) is 6.61 Å². The lowest BCUT2D eigenvalue weighted by Gasteiger charge is -2.24. The zero-order valence-corrected chi connectivity index (χ0v) is 9.59. The van der Waals surface area contributed by atoms with Crippen LogP contribution in [-0.4, -0.2) is 22.7 Å². The lowest BCUT2D eigenvalue weighted by molar-refractivity contribution is 0.282. The summed E-state index contributed by atoms with van der Waals surface area (Å²) in [6, 6.07) is 8.56. The molecule has 2 nitrogen and oxygen atoms in total. The fourth-order valence-corrected chi connectivity index (χ4v) is 2.95. The summed E-state index contributed by atoms with van der Waals surface area (Å²) >= 11 is 2.01. The monoisotopic (exact) mass is 223 g/mol. The summed E-state index contributed by atoms with van der Waals surface area (Å²) in [5, 5.41) is 12.7. The summed E-state index contributed by atoms with van der Waals surface area (Å²) in [6.45, 7) is 0.114. The highest BCUT2D eigenvalue weighted by atomic mass is 32.2. The minimum Gasteiger partial charge on any atom is -0.392 e. The van der Waals surface area contributed by atoms with Crippen LogP contribution in [0.1, 0.15) is 18.4 Å². The van der Waals surface area contributed by atoms with Crippen LogP contribution in [0.5, 0.6) is 0 Å². The van der Waals surface area contributed by atoms with E-state index >= 15 is 0 Å². The van der Waals surface area contributed by atoms with E-state index in [-0.39, 0.29) is 6.61 Å². The van der Waals surface area contributed by atoms with Crippen molar-refractivity contribution in [3.63, 3.8) is 0 Å². The van der Waals surface area contributed by atoms with Crippen molar-refractivity contribution < 1.29 is 5.11 Å². The molecule has 1 aliphatic rings. The Kier molecular flexibility index (Phi) is 3.92. The highest BCUT2D eigenvalue weighted by molar-refractivity contribution is 7.99. The van der Waals surface area contributed by atoms with Gasteiger partial charge in [-0.15, -0.1) is 0 Å². The van der Waals surface area contributed by atoms with Gasteiger partial charge < -0.3 is 10.4 Å². The van der Waals surface area contributed by atoms with Crippen LogP contribution in [0.15, 0.2) is 24.3 Å². The van der Waals surface area contributed by atoms with Gasteiger partial charge in [-0.1, -0.05) is 18.2 Å². The Labute approximate surface area is 95.1 Å². The van der Waals surface area contributed by atoms with Gasteiger partial charge in [-0.25, -0.2) is 0 Å². The Morgan fingerprint density at radius 2 is 2.27 bits per heavy atom. The molecule has 1 heterocycles. The minimum absolute atomic E-state index is 0.114. The van der Waals surface area contributed by atoms with Crippen molar-refractivity contribution >= 4 is 17.4 Å². The van der Waals surface area contributed by atoms with Crippen LogP contribution in [0.25, 0.3) is 0 Å². The predicted octanol–water partition coefficient (Wildman–Crippen LogP) is 2.49. The Balaban J connectivity index is 2.02. The van der Waals surface area contributed by atoms with Crippen LogP contribution in [0, 0.1) is 0 Å². The molecule has 1 aliphatic heterocycles. The number of nitrogens with one attached hydrogen (secondary N) is 1. The van der Waals surface area contributed by atoms with Crippen LogP contribution < -0.4 is 5.32 Å². The zero-order chi connectivity index (χ0) is 10.5. The first-order valence-electron chi connectivity index (χ1n) is 5.43. The molecule has 0 amide bonds. The molecular weight excluding hydrogens is 206 g/mol. The van der Waals surface area contributed by atoms with E-state index in [0.717, 1.165) is 11.3 Å². The van der Waals surface area contributed by atoms with E-state index in [1.54, 1.807) is 0 Å². The van der Waals surface area contributed by atoms with Gasteiger partial charge in [-0.3, -0.25) is 0 Å². The van der Waals surface area contributed by atoms with Crippen LogP contribution in [0.3, 0.4) is 0 Å². The third-order valence-electron chi connectivity index (χ3n) is 2.71. The highest BCUT2D eigenvalue weighted by Crippen LogP contribution is 2.22. The van der Waals surface area contributed by atoms with Crippen molar-refractivity contribution in [2.45, 2.75) is 25.5 Å². The van der Waals surface area contributed by atoms with Gasteiger partial charge in [0.25, 0.3) is 0 Å². The standard InChI is InChI=1S/C12H17NOS/c14-8-10-4-1-2-6-12(10)13-11-5-3-7-15-9-11/h1-2,4,6,11,13-14H,3,5,7-9H2/t11-/m1/s1. The number of hydrogen-bond acceptors (Lipinski definition) is 3. The van der Waals surface area contributed by atoms with E-state index in [4.69, 9.17) is 0 Å². The van der Waals surface area contributed by atoms with E-state index in [2.05, 4.69) is 5.32 Å². The van der Waals surface area contributed by atoms with Crippen molar-refractivity contribution in [3.05, 3.63) is 29.8 Å². The topological polar surface area (TPSA) is 32.3 Å². The van der Waals surface area contributed by atoms with Crippen molar-refractivity contribution in [1.82, 2.24) is 0 Å². The number of aliphatic hydroxyl groups excluding tert-OH is 1. The number of hydrogen-bond donors (Lipinski definition) is 2. The average Bonchev–Trinajstić information content (AvgIpc) is 2.31. The maximum absolute atomic E-state index is 9.20. The summed E-state index contributed by atoms with van der Waals surface area (Å²) in [5.41, 5.74) is 2.08. The molecule has 0 aliphatic carbocycles. The lowest BCUT2D eigenvalue weighted by atomic mass is 10.1. The molecule has 1 saturated heterocycles. The van der Waals surface area contributed by atoms with Gasteiger partial charge in [0.05, 0.1) is 6.61 Å². The first-order valence-corrected chi connectivity index (χ1v) is 6.58. The van der Waals surface area contributed by atoms with Gasteiger partial charge in [0.2, 0.25) is 0 Å². The van der Waals surface area contributed by atoms with E-state index in [1.165, 1.54) is 24.3 Å². The van der Waals surface area contributed by atoms with Gasteiger partial charge in [-0.2, -0.15) is 11.8 Å². The fraction of sp³-hybridized carbons (Fsp3) is 0.500. The molecule has 82 valence electrons. The largest absolute Gasteiger partial charge is 0.392 e. The molecule has 0 bridgehead atoms. The third-order valence-corrected chi connectivity index (χ3v) is 3.92. The van der Waals surface area contributed by atoms with E-state index in [1.807, 2.05) is 36.0 Å². The average molecular weight is 223 g/mol. The van der Waals surface area contributed by atoms with Crippen LogP contribution in [0.2, 0.25) is 0 Å². The molecule has 0 aromatic heterocycles. The van der Waals surface area contributed by atoms with Crippen molar-refractivity contribution in [2.24, 2.45) is 0 Å². The molecule has 3 heteroatoms. The van der Waals surface area contributed by atoms with Crippen molar-refractivity contribution in [1.29, 1.82) is 0 Å². The molecule has 0 unspecified atom stereocenters. The first kappa shape index (κ1) is 10.8. The number of para-hydroxylation sites is 1. The molecule has 1 aromatic carbocycles. The molecule has 0 saturated carbocycles. The molecule has 2 N–H and O–H groups in total. The number of aliphatic hydroxyl groups is 1. The maximum atomic E-state index is 9.20. The van der Waals surface area contributed by atoms with E-state index < -0.39 is 0 Å². The smallest absolute Gasteiger partial charge is 0.0701 e. The fourth-order valence-electron chi connectivity index (χ4n) is 1.87. The summed E-state index contributed by atoms with van der Waals surface area (Å²) in [5.74, 6) is 2.47. The Morgan fingerprint density at radius 1 is 1.40 bits per heavy atom. The molecule has 15 heavy (non-hydrogen) atoms. The van der Waals surface area contributed by atoms with Gasteiger partial charge >= 0.3 is 0 Å². The second-order valence-electron chi connectivity index (χ2n) is 3.87. The highest BCUT2D eigenvalue weighted by Gasteiger charge is 2.14. The summed E-state index contributed by atoms with van der Waals surface area (Å²) in [6.07, 6.45) is 2.54. The number of anilines is 1. The van der Waals surface area contributed by atoms with E-state index in [9.17, 15) is 5.11 Å². The second-order valence-corrected chi connectivity index (χ2v) is 5.02. The quantitative estimate of drug-likeness (QED) is 0.825. The van der Waals surface area contributed by atoms with Crippen molar-refractivity contribution in [2.75, 3.05) is 16.8 Å². The third kappa shape index (κ3) is 2.89. The lowest BCUT2D eigenvalue weighted by Crippen LogP contribution is -2.26. The zero-order valence-electron chi connectivity index (χ0n) is 8.78. The molecule has 0 spiro atoms. The number of rotatable bonds is 3.